The Balaban J connectivity index is 2.42. The normalized spacial score (nSPS) is 11.2. The van der Waals surface area contributed by atoms with Crippen molar-refractivity contribution in [3.05, 3.63) is 57.7 Å². The molecule has 2 aromatic rings. The third-order valence-electron chi connectivity index (χ3n) is 3.48. The first-order valence-corrected chi connectivity index (χ1v) is 9.90. The highest BCUT2D eigenvalue weighted by atomic mass is 127. The molecule has 2 aromatic carbocycles. The summed E-state index contributed by atoms with van der Waals surface area (Å²) in [6.45, 7) is 2.00. The molecule has 128 valence electrons. The molecule has 0 unspecified atom stereocenters. The van der Waals surface area contributed by atoms with E-state index < -0.39 is 16.0 Å². The maximum atomic E-state index is 13.0. The van der Waals surface area contributed by atoms with Gasteiger partial charge in [0.15, 0.2) is 0 Å². The van der Waals surface area contributed by atoms with Crippen molar-refractivity contribution in [1.82, 2.24) is 0 Å². The number of halogens is 1. The van der Waals surface area contributed by atoms with Crippen LogP contribution >= 0.6 is 22.6 Å². The molecule has 2 rings (SSSR count). The minimum atomic E-state index is -3.76. The van der Waals surface area contributed by atoms with Gasteiger partial charge in [-0.3, -0.25) is 9.10 Å². The molecule has 0 amide bonds. The van der Waals surface area contributed by atoms with Crippen molar-refractivity contribution >= 4 is 44.3 Å². The number of benzene rings is 2. The molecule has 0 radical (unpaired) electrons. The number of carboxylic acid groups (broad SMARTS) is 1. The van der Waals surface area contributed by atoms with Gasteiger partial charge in [0.25, 0.3) is 10.0 Å². The minimum absolute atomic E-state index is 0.0800. The van der Waals surface area contributed by atoms with Gasteiger partial charge >= 0.3 is 5.97 Å². The van der Waals surface area contributed by atoms with Crippen molar-refractivity contribution in [2.24, 2.45) is 0 Å². The first kappa shape index (κ1) is 18.7. The first-order valence-electron chi connectivity index (χ1n) is 7.38. The molecule has 0 aliphatic heterocycles. The highest BCUT2D eigenvalue weighted by Gasteiger charge is 2.26. The lowest BCUT2D eigenvalue weighted by molar-refractivity contribution is -0.137. The number of aryl methyl sites for hydroxylation is 1. The van der Waals surface area contributed by atoms with Crippen LogP contribution in [0.4, 0.5) is 5.69 Å². The summed E-state index contributed by atoms with van der Waals surface area (Å²) in [4.78, 5) is 11.0. The second kappa shape index (κ2) is 7.98. The van der Waals surface area contributed by atoms with Crippen molar-refractivity contribution in [3.8, 4) is 0 Å². The second-order valence-electron chi connectivity index (χ2n) is 5.34. The molecule has 0 saturated carbocycles. The van der Waals surface area contributed by atoms with Crippen molar-refractivity contribution in [1.29, 1.82) is 0 Å². The molecule has 0 saturated heterocycles. The van der Waals surface area contributed by atoms with Gasteiger partial charge in [-0.2, -0.15) is 0 Å². The van der Waals surface area contributed by atoms with Gasteiger partial charge in [0.1, 0.15) is 0 Å². The van der Waals surface area contributed by atoms with Crippen LogP contribution in [0.3, 0.4) is 0 Å². The number of rotatable bonds is 7. The van der Waals surface area contributed by atoms with Gasteiger partial charge in [-0.05, 0) is 60.2 Å². The molecule has 24 heavy (non-hydrogen) atoms. The van der Waals surface area contributed by atoms with Gasteiger partial charge in [0.2, 0.25) is 0 Å². The fourth-order valence-corrected chi connectivity index (χ4v) is 4.60. The van der Waals surface area contributed by atoms with Gasteiger partial charge in [-0.25, -0.2) is 8.42 Å². The third kappa shape index (κ3) is 4.47. The molecule has 0 aliphatic carbocycles. The van der Waals surface area contributed by atoms with Crippen LogP contribution in [-0.2, 0) is 14.8 Å². The summed E-state index contributed by atoms with van der Waals surface area (Å²) in [5, 5.41) is 8.83. The topological polar surface area (TPSA) is 74.7 Å². The lowest BCUT2D eigenvalue weighted by Crippen LogP contribution is -2.33. The molecule has 0 aromatic heterocycles. The van der Waals surface area contributed by atoms with E-state index in [1.165, 1.54) is 4.31 Å². The number of aliphatic carboxylic acids is 1. The Morgan fingerprint density at radius 3 is 2.33 bits per heavy atom. The molecule has 0 heterocycles. The third-order valence-corrected chi connectivity index (χ3v) is 6.22. The van der Waals surface area contributed by atoms with E-state index in [-0.39, 0.29) is 24.3 Å². The van der Waals surface area contributed by atoms with Gasteiger partial charge in [0.05, 0.1) is 10.6 Å². The molecule has 5 nitrogen and oxygen atoms in total. The summed E-state index contributed by atoms with van der Waals surface area (Å²) in [6, 6.07) is 13.8. The maximum absolute atomic E-state index is 13.0. The van der Waals surface area contributed by atoms with Crippen molar-refractivity contribution in [2.45, 2.75) is 24.7 Å². The number of para-hydroxylation sites is 1. The maximum Gasteiger partial charge on any atom is 0.303 e. The smallest absolute Gasteiger partial charge is 0.303 e. The molecule has 7 heteroatoms. The Kier molecular flexibility index (Phi) is 6.22. The number of hydrogen-bond donors (Lipinski definition) is 1. The summed E-state index contributed by atoms with van der Waals surface area (Å²) in [6.07, 6.45) is 0.161. The van der Waals surface area contributed by atoms with Gasteiger partial charge in [-0.15, -0.1) is 0 Å². The number of sulfonamides is 1. The lowest BCUT2D eigenvalue weighted by atomic mass is 10.2. The van der Waals surface area contributed by atoms with Crippen LogP contribution in [-0.4, -0.2) is 26.0 Å². The van der Waals surface area contributed by atoms with E-state index in [4.69, 9.17) is 5.11 Å². The number of nitrogens with zero attached hydrogens (tertiary/aromatic N) is 1. The zero-order chi connectivity index (χ0) is 17.7. The first-order chi connectivity index (χ1) is 11.3. The average molecular weight is 459 g/mol. The molecular formula is C17H18INO4S. The van der Waals surface area contributed by atoms with E-state index in [1.54, 1.807) is 36.4 Å². The SMILES string of the molecule is Cc1ccc(S(=O)(=O)N(CCCC(=O)O)c2ccccc2I)cc1. The Morgan fingerprint density at radius 1 is 1.12 bits per heavy atom. The van der Waals surface area contributed by atoms with Gasteiger partial charge in [0, 0.05) is 16.5 Å². The fourth-order valence-electron chi connectivity index (χ4n) is 2.24. The zero-order valence-corrected chi connectivity index (χ0v) is 16.1. The summed E-state index contributed by atoms with van der Waals surface area (Å²) in [5.74, 6) is -0.939. The Hall–Kier alpha value is -1.61. The van der Waals surface area contributed by atoms with E-state index in [0.29, 0.717) is 5.69 Å². The Morgan fingerprint density at radius 2 is 1.75 bits per heavy atom. The number of anilines is 1. The van der Waals surface area contributed by atoms with Crippen LogP contribution in [0.2, 0.25) is 0 Å². The van der Waals surface area contributed by atoms with Crippen LogP contribution in [0.15, 0.2) is 53.4 Å². The van der Waals surface area contributed by atoms with Gasteiger partial charge < -0.3 is 5.11 Å². The molecule has 0 spiro atoms. The molecule has 0 atom stereocenters. The van der Waals surface area contributed by atoms with E-state index in [9.17, 15) is 13.2 Å². The monoisotopic (exact) mass is 459 g/mol. The number of carboxylic acids is 1. The van der Waals surface area contributed by atoms with E-state index >= 15 is 0 Å². The van der Waals surface area contributed by atoms with Crippen LogP contribution in [0, 0.1) is 10.5 Å². The molecule has 0 fully saturated rings. The fraction of sp³-hybridized carbons (Fsp3) is 0.235. The Bertz CT molecular complexity index is 819. The highest BCUT2D eigenvalue weighted by Crippen LogP contribution is 2.28. The van der Waals surface area contributed by atoms with Crippen LogP contribution in [0.5, 0.6) is 0 Å². The highest BCUT2D eigenvalue weighted by molar-refractivity contribution is 14.1. The Labute approximate surface area is 155 Å². The predicted octanol–water partition coefficient (Wildman–Crippen LogP) is 3.66. The molecule has 0 aliphatic rings. The number of hydrogen-bond acceptors (Lipinski definition) is 3. The largest absolute Gasteiger partial charge is 0.481 e. The van der Waals surface area contributed by atoms with Crippen LogP contribution < -0.4 is 4.31 Å². The van der Waals surface area contributed by atoms with E-state index in [2.05, 4.69) is 22.6 Å². The standard InChI is InChI=1S/C17H18INO4S/c1-13-8-10-14(11-9-13)24(22,23)19(12-4-7-17(20)21)16-6-3-2-5-15(16)18/h2-3,5-6,8-11H,4,7,12H2,1H3,(H,20,21). The van der Waals surface area contributed by atoms with Gasteiger partial charge in [-0.1, -0.05) is 29.8 Å². The van der Waals surface area contributed by atoms with E-state index in [0.717, 1.165) is 9.13 Å². The van der Waals surface area contributed by atoms with E-state index in [1.807, 2.05) is 19.1 Å². The molecular weight excluding hydrogens is 441 g/mol. The van der Waals surface area contributed by atoms with Crippen molar-refractivity contribution < 1.29 is 18.3 Å². The lowest BCUT2D eigenvalue weighted by Gasteiger charge is -2.25. The molecule has 0 bridgehead atoms. The second-order valence-corrected chi connectivity index (χ2v) is 8.36. The van der Waals surface area contributed by atoms with Crippen molar-refractivity contribution in [2.75, 3.05) is 10.8 Å². The quantitative estimate of drug-likeness (QED) is 0.642. The molecule has 1 N–H and O–H groups in total. The summed E-state index contributed by atoms with van der Waals surface area (Å²) in [7, 11) is -3.76. The minimum Gasteiger partial charge on any atom is -0.481 e. The zero-order valence-electron chi connectivity index (χ0n) is 13.1. The average Bonchev–Trinajstić information content (AvgIpc) is 2.52. The van der Waals surface area contributed by atoms with Crippen LogP contribution in [0.1, 0.15) is 18.4 Å². The van der Waals surface area contributed by atoms with Crippen LogP contribution in [0.25, 0.3) is 0 Å². The summed E-state index contributed by atoms with van der Waals surface area (Å²) < 4.78 is 28.2. The predicted molar refractivity (Wildman–Crippen MR) is 102 cm³/mol. The summed E-state index contributed by atoms with van der Waals surface area (Å²) >= 11 is 2.08. The summed E-state index contributed by atoms with van der Waals surface area (Å²) in [5.41, 5.74) is 1.53. The van der Waals surface area contributed by atoms with Crippen molar-refractivity contribution in [3.63, 3.8) is 0 Å². The number of carbonyl (C=O) groups is 1.